The lowest BCUT2D eigenvalue weighted by Crippen LogP contribution is -2.12. The third kappa shape index (κ3) is 2.34. The summed E-state index contributed by atoms with van der Waals surface area (Å²) in [5.41, 5.74) is 8.52. The molecule has 0 radical (unpaired) electrons. The minimum atomic E-state index is -0.424. The SMILES string of the molecule is COC(=O)c1c(N)cccc1Cn1cc(C)cn1. The van der Waals surface area contributed by atoms with Crippen molar-refractivity contribution in [3.8, 4) is 0 Å². The van der Waals surface area contributed by atoms with Gasteiger partial charge in [0.15, 0.2) is 0 Å². The molecule has 0 saturated heterocycles. The molecule has 1 aromatic carbocycles. The maximum atomic E-state index is 11.7. The van der Waals surface area contributed by atoms with Crippen LogP contribution in [0.15, 0.2) is 30.6 Å². The van der Waals surface area contributed by atoms with E-state index in [2.05, 4.69) is 5.10 Å². The van der Waals surface area contributed by atoms with Crippen molar-refractivity contribution in [3.63, 3.8) is 0 Å². The second kappa shape index (κ2) is 4.91. The number of nitrogens with two attached hydrogens (primary N) is 1. The Morgan fingerprint density at radius 2 is 2.28 bits per heavy atom. The van der Waals surface area contributed by atoms with Crippen LogP contribution in [-0.2, 0) is 11.3 Å². The van der Waals surface area contributed by atoms with Crippen LogP contribution in [0.25, 0.3) is 0 Å². The Morgan fingerprint density at radius 1 is 1.50 bits per heavy atom. The predicted octanol–water partition coefficient (Wildman–Crippen LogP) is 1.61. The van der Waals surface area contributed by atoms with Crippen molar-refractivity contribution in [2.75, 3.05) is 12.8 Å². The molecule has 1 heterocycles. The quantitative estimate of drug-likeness (QED) is 0.658. The van der Waals surface area contributed by atoms with Crippen LogP contribution >= 0.6 is 0 Å². The molecule has 0 amide bonds. The lowest BCUT2D eigenvalue weighted by Gasteiger charge is -2.10. The summed E-state index contributed by atoms with van der Waals surface area (Å²) in [6.07, 6.45) is 3.67. The van der Waals surface area contributed by atoms with Gasteiger partial charge in [0, 0.05) is 11.9 Å². The van der Waals surface area contributed by atoms with Crippen molar-refractivity contribution in [3.05, 3.63) is 47.3 Å². The van der Waals surface area contributed by atoms with E-state index in [9.17, 15) is 4.79 Å². The predicted molar refractivity (Wildman–Crippen MR) is 68.3 cm³/mol. The molecule has 0 unspecified atom stereocenters. The molecule has 2 aromatic rings. The van der Waals surface area contributed by atoms with Crippen molar-refractivity contribution >= 4 is 11.7 Å². The molecule has 18 heavy (non-hydrogen) atoms. The number of anilines is 1. The van der Waals surface area contributed by atoms with Gasteiger partial charge in [-0.15, -0.1) is 0 Å². The lowest BCUT2D eigenvalue weighted by atomic mass is 10.1. The highest BCUT2D eigenvalue weighted by molar-refractivity contribution is 5.96. The molecule has 94 valence electrons. The Hall–Kier alpha value is -2.30. The summed E-state index contributed by atoms with van der Waals surface area (Å²) in [5.74, 6) is -0.424. The maximum Gasteiger partial charge on any atom is 0.340 e. The molecule has 0 atom stereocenters. The number of hydrogen-bond acceptors (Lipinski definition) is 4. The number of ether oxygens (including phenoxy) is 1. The van der Waals surface area contributed by atoms with Gasteiger partial charge < -0.3 is 10.5 Å². The summed E-state index contributed by atoms with van der Waals surface area (Å²) in [5, 5.41) is 4.19. The van der Waals surface area contributed by atoms with E-state index >= 15 is 0 Å². The molecule has 1 aromatic heterocycles. The largest absolute Gasteiger partial charge is 0.465 e. The van der Waals surface area contributed by atoms with Gasteiger partial charge in [-0.3, -0.25) is 4.68 Å². The van der Waals surface area contributed by atoms with Crippen LogP contribution in [0.1, 0.15) is 21.5 Å². The topological polar surface area (TPSA) is 70.1 Å². The highest BCUT2D eigenvalue weighted by Gasteiger charge is 2.15. The van der Waals surface area contributed by atoms with Crippen molar-refractivity contribution in [1.82, 2.24) is 9.78 Å². The number of esters is 1. The minimum Gasteiger partial charge on any atom is -0.465 e. The molecule has 0 aliphatic carbocycles. The molecule has 0 fully saturated rings. The van der Waals surface area contributed by atoms with Crippen LogP contribution < -0.4 is 5.73 Å². The first kappa shape index (κ1) is 12.2. The van der Waals surface area contributed by atoms with Gasteiger partial charge >= 0.3 is 5.97 Å². The van der Waals surface area contributed by atoms with Crippen LogP contribution in [0.4, 0.5) is 5.69 Å². The van der Waals surface area contributed by atoms with Gasteiger partial charge in [-0.1, -0.05) is 12.1 Å². The summed E-state index contributed by atoms with van der Waals surface area (Å²) in [6, 6.07) is 5.34. The molecule has 2 N–H and O–H groups in total. The van der Waals surface area contributed by atoms with Gasteiger partial charge in [0.2, 0.25) is 0 Å². The molecule has 5 nitrogen and oxygen atoms in total. The Morgan fingerprint density at radius 3 is 2.89 bits per heavy atom. The Bertz CT molecular complexity index is 575. The van der Waals surface area contributed by atoms with Gasteiger partial charge in [0.1, 0.15) is 0 Å². The van der Waals surface area contributed by atoms with E-state index in [1.165, 1.54) is 7.11 Å². The molecule has 0 aliphatic heterocycles. The lowest BCUT2D eigenvalue weighted by molar-refractivity contribution is 0.0600. The Balaban J connectivity index is 2.38. The summed E-state index contributed by atoms with van der Waals surface area (Å²) < 4.78 is 6.51. The highest BCUT2D eigenvalue weighted by Crippen LogP contribution is 2.19. The molecule has 0 aliphatic rings. The first-order chi connectivity index (χ1) is 8.61. The minimum absolute atomic E-state index is 0.410. The van der Waals surface area contributed by atoms with Gasteiger partial charge in [-0.25, -0.2) is 4.79 Å². The normalized spacial score (nSPS) is 10.3. The molecule has 0 spiro atoms. The number of methoxy groups -OCH3 is 1. The zero-order valence-corrected chi connectivity index (χ0v) is 10.4. The zero-order valence-electron chi connectivity index (χ0n) is 10.4. The summed E-state index contributed by atoms with van der Waals surface area (Å²) >= 11 is 0. The van der Waals surface area contributed by atoms with E-state index in [0.717, 1.165) is 11.1 Å². The van der Waals surface area contributed by atoms with E-state index in [4.69, 9.17) is 10.5 Å². The van der Waals surface area contributed by atoms with Crippen LogP contribution in [0.5, 0.6) is 0 Å². The van der Waals surface area contributed by atoms with E-state index in [0.29, 0.717) is 17.8 Å². The fraction of sp³-hybridized carbons (Fsp3) is 0.231. The van der Waals surface area contributed by atoms with Crippen LogP contribution in [0.3, 0.4) is 0 Å². The molecular weight excluding hydrogens is 230 g/mol. The number of carbonyl (C=O) groups is 1. The van der Waals surface area contributed by atoms with Crippen molar-refractivity contribution in [2.45, 2.75) is 13.5 Å². The van der Waals surface area contributed by atoms with Gasteiger partial charge in [-0.2, -0.15) is 5.10 Å². The third-order valence-electron chi connectivity index (χ3n) is 2.67. The molecule has 2 rings (SSSR count). The standard InChI is InChI=1S/C13H15N3O2/c1-9-6-15-16(7-9)8-10-4-3-5-11(14)12(10)13(17)18-2/h3-7H,8,14H2,1-2H3. The monoisotopic (exact) mass is 245 g/mol. The van der Waals surface area contributed by atoms with E-state index in [1.807, 2.05) is 25.3 Å². The van der Waals surface area contributed by atoms with Crippen molar-refractivity contribution in [2.24, 2.45) is 0 Å². The van der Waals surface area contributed by atoms with Gasteiger partial charge in [0.05, 0.1) is 25.4 Å². The maximum absolute atomic E-state index is 11.7. The van der Waals surface area contributed by atoms with Gasteiger partial charge in [-0.05, 0) is 24.1 Å². The smallest absolute Gasteiger partial charge is 0.340 e. The average Bonchev–Trinajstić information content (AvgIpc) is 2.74. The summed E-state index contributed by atoms with van der Waals surface area (Å²) in [4.78, 5) is 11.7. The number of aromatic nitrogens is 2. The average molecular weight is 245 g/mol. The van der Waals surface area contributed by atoms with Crippen molar-refractivity contribution < 1.29 is 9.53 Å². The molecule has 5 heteroatoms. The zero-order chi connectivity index (χ0) is 13.1. The van der Waals surface area contributed by atoms with E-state index < -0.39 is 5.97 Å². The summed E-state index contributed by atoms with van der Waals surface area (Å²) in [7, 11) is 1.34. The second-order valence-corrected chi connectivity index (χ2v) is 4.09. The molecular formula is C13H15N3O2. The second-order valence-electron chi connectivity index (χ2n) is 4.09. The number of nitrogen functional groups attached to an aromatic ring is 1. The summed E-state index contributed by atoms with van der Waals surface area (Å²) in [6.45, 7) is 2.45. The Labute approximate surface area is 105 Å². The number of nitrogens with zero attached hydrogens (tertiary/aromatic N) is 2. The number of benzene rings is 1. The van der Waals surface area contributed by atoms with E-state index in [-0.39, 0.29) is 0 Å². The van der Waals surface area contributed by atoms with Crippen LogP contribution in [-0.4, -0.2) is 22.9 Å². The Kier molecular flexibility index (Phi) is 3.32. The van der Waals surface area contributed by atoms with Crippen molar-refractivity contribution in [1.29, 1.82) is 0 Å². The highest BCUT2D eigenvalue weighted by atomic mass is 16.5. The number of aryl methyl sites for hydroxylation is 1. The third-order valence-corrected chi connectivity index (χ3v) is 2.67. The molecule has 0 bridgehead atoms. The fourth-order valence-corrected chi connectivity index (χ4v) is 1.83. The number of rotatable bonds is 3. The molecule has 0 saturated carbocycles. The number of hydrogen-bond donors (Lipinski definition) is 1. The van der Waals surface area contributed by atoms with Crippen LogP contribution in [0.2, 0.25) is 0 Å². The first-order valence-electron chi connectivity index (χ1n) is 5.56. The number of carbonyl (C=O) groups excluding carboxylic acids is 1. The first-order valence-corrected chi connectivity index (χ1v) is 5.56. The van der Waals surface area contributed by atoms with Crippen LogP contribution in [0, 0.1) is 6.92 Å². The van der Waals surface area contributed by atoms with Gasteiger partial charge in [0.25, 0.3) is 0 Å². The fourth-order valence-electron chi connectivity index (χ4n) is 1.83. The van der Waals surface area contributed by atoms with E-state index in [1.54, 1.807) is 16.9 Å².